The number of hydrogen-bond donors (Lipinski definition) is 4. The van der Waals surface area contributed by atoms with Crippen LogP contribution in [0.25, 0.3) is 0 Å². The molecule has 0 aliphatic heterocycles. The van der Waals surface area contributed by atoms with E-state index in [4.69, 9.17) is 10.9 Å². The number of nitrogens with two attached hydrogens (primary N) is 1. The first-order valence-electron chi connectivity index (χ1n) is 5.52. The van der Waals surface area contributed by atoms with Gasteiger partial charge in [0.25, 0.3) is 5.91 Å². The summed E-state index contributed by atoms with van der Waals surface area (Å²) in [6, 6.07) is -0.583. The molecule has 0 bridgehead atoms. The topological polar surface area (TPSA) is 95.6 Å². The van der Waals surface area contributed by atoms with Crippen LogP contribution in [0.15, 0.2) is 0 Å². The van der Waals surface area contributed by atoms with Crippen LogP contribution in [0.3, 0.4) is 0 Å². The molecule has 1 amide bonds. The van der Waals surface area contributed by atoms with E-state index in [-0.39, 0.29) is 0 Å². The maximum absolute atomic E-state index is 10.9. The summed E-state index contributed by atoms with van der Waals surface area (Å²) in [5.74, 6) is -0.312. The molecule has 5 N–H and O–H groups in total. The molecule has 15 heavy (non-hydrogen) atoms. The van der Waals surface area contributed by atoms with Crippen molar-refractivity contribution in [3.8, 4) is 0 Å². The summed E-state index contributed by atoms with van der Waals surface area (Å²) < 4.78 is 0. The lowest BCUT2D eigenvalue weighted by Gasteiger charge is -2.26. The van der Waals surface area contributed by atoms with Crippen molar-refractivity contribution in [2.75, 3.05) is 0 Å². The molecular formula is C10H20N2O3. The molecule has 1 aliphatic carbocycles. The minimum Gasteiger partial charge on any atom is -0.382 e. The van der Waals surface area contributed by atoms with E-state index in [1.54, 1.807) is 0 Å². The molecule has 0 aromatic carbocycles. The molecule has 0 radical (unpaired) electrons. The first-order valence-corrected chi connectivity index (χ1v) is 5.52. The Bertz CT molecular complexity index is 205. The van der Waals surface area contributed by atoms with Crippen LogP contribution in [0, 0.1) is 5.92 Å². The van der Waals surface area contributed by atoms with E-state index < -0.39 is 18.1 Å². The zero-order chi connectivity index (χ0) is 11.3. The van der Waals surface area contributed by atoms with Gasteiger partial charge >= 0.3 is 0 Å². The fraction of sp³-hybridized carbons (Fsp3) is 0.900. The maximum Gasteiger partial charge on any atom is 0.273 e. The van der Waals surface area contributed by atoms with Crippen LogP contribution in [-0.4, -0.2) is 28.4 Å². The van der Waals surface area contributed by atoms with Gasteiger partial charge in [0.2, 0.25) is 0 Å². The van der Waals surface area contributed by atoms with Gasteiger partial charge in [0.05, 0.1) is 0 Å². The zero-order valence-electron chi connectivity index (χ0n) is 8.85. The largest absolute Gasteiger partial charge is 0.382 e. The third-order valence-electron chi connectivity index (χ3n) is 3.11. The first-order chi connectivity index (χ1) is 7.15. The summed E-state index contributed by atoms with van der Waals surface area (Å²) in [7, 11) is 0. The van der Waals surface area contributed by atoms with Crippen molar-refractivity contribution in [2.45, 2.75) is 50.7 Å². The van der Waals surface area contributed by atoms with E-state index in [2.05, 4.69) is 0 Å². The highest BCUT2D eigenvalue weighted by Gasteiger charge is 2.26. The highest BCUT2D eigenvalue weighted by molar-refractivity contribution is 5.80. The summed E-state index contributed by atoms with van der Waals surface area (Å²) in [6.07, 6.45) is 5.28. The highest BCUT2D eigenvalue weighted by atomic mass is 16.5. The lowest BCUT2D eigenvalue weighted by molar-refractivity contribution is -0.139. The Morgan fingerprint density at radius 1 is 1.40 bits per heavy atom. The second kappa shape index (κ2) is 6.05. The summed E-state index contributed by atoms with van der Waals surface area (Å²) in [6.45, 7) is 0. The smallest absolute Gasteiger partial charge is 0.273 e. The van der Waals surface area contributed by atoms with Gasteiger partial charge in [-0.2, -0.15) is 0 Å². The average molecular weight is 216 g/mol. The average Bonchev–Trinajstić information content (AvgIpc) is 2.28. The minimum absolute atomic E-state index is 0.509. The van der Waals surface area contributed by atoms with Crippen molar-refractivity contribution in [3.63, 3.8) is 0 Å². The van der Waals surface area contributed by atoms with Crippen LogP contribution in [-0.2, 0) is 4.79 Å². The van der Waals surface area contributed by atoms with E-state index in [1.165, 1.54) is 24.7 Å². The van der Waals surface area contributed by atoms with Crippen LogP contribution in [0.1, 0.15) is 38.5 Å². The molecule has 1 unspecified atom stereocenters. The maximum atomic E-state index is 10.9. The molecule has 5 nitrogen and oxygen atoms in total. The number of rotatable bonds is 4. The molecule has 1 fully saturated rings. The Hall–Kier alpha value is -0.650. The van der Waals surface area contributed by atoms with E-state index >= 15 is 0 Å². The number of aliphatic hydroxyl groups is 1. The lowest BCUT2D eigenvalue weighted by Crippen LogP contribution is -2.46. The monoisotopic (exact) mass is 216 g/mol. The molecule has 1 aliphatic rings. The summed E-state index contributed by atoms with van der Waals surface area (Å²) >= 11 is 0. The van der Waals surface area contributed by atoms with Crippen molar-refractivity contribution < 1.29 is 15.1 Å². The molecule has 2 atom stereocenters. The van der Waals surface area contributed by atoms with E-state index in [0.717, 1.165) is 12.8 Å². The van der Waals surface area contributed by atoms with Gasteiger partial charge in [0, 0.05) is 6.04 Å². The van der Waals surface area contributed by atoms with Crippen LogP contribution < -0.4 is 11.2 Å². The minimum atomic E-state index is -1.31. The normalized spacial score (nSPS) is 22.1. The van der Waals surface area contributed by atoms with Gasteiger partial charge in [-0.15, -0.1) is 0 Å². The van der Waals surface area contributed by atoms with Crippen molar-refractivity contribution in [1.29, 1.82) is 0 Å². The van der Waals surface area contributed by atoms with Crippen LogP contribution >= 0.6 is 0 Å². The van der Waals surface area contributed by atoms with Gasteiger partial charge in [-0.25, -0.2) is 5.48 Å². The lowest BCUT2D eigenvalue weighted by atomic mass is 9.84. The fourth-order valence-electron chi connectivity index (χ4n) is 2.20. The Kier molecular flexibility index (Phi) is 5.01. The zero-order valence-corrected chi connectivity index (χ0v) is 8.85. The van der Waals surface area contributed by atoms with Gasteiger partial charge in [-0.3, -0.25) is 10.0 Å². The molecule has 0 aromatic heterocycles. The van der Waals surface area contributed by atoms with Crippen molar-refractivity contribution in [3.05, 3.63) is 0 Å². The Balaban J connectivity index is 2.32. The van der Waals surface area contributed by atoms with Crippen molar-refractivity contribution in [1.82, 2.24) is 5.48 Å². The number of nitrogens with one attached hydrogen (secondary N) is 1. The van der Waals surface area contributed by atoms with Gasteiger partial charge < -0.3 is 10.8 Å². The molecule has 5 heteroatoms. The van der Waals surface area contributed by atoms with Crippen LogP contribution in [0.4, 0.5) is 0 Å². The summed E-state index contributed by atoms with van der Waals surface area (Å²) in [5.41, 5.74) is 7.12. The molecule has 0 saturated heterocycles. The molecule has 0 spiro atoms. The second-order valence-electron chi connectivity index (χ2n) is 4.32. The summed E-state index contributed by atoms with van der Waals surface area (Å²) in [5, 5.41) is 17.8. The Labute approximate surface area is 89.6 Å². The fourth-order valence-corrected chi connectivity index (χ4v) is 2.20. The summed E-state index contributed by atoms with van der Waals surface area (Å²) in [4.78, 5) is 10.9. The quantitative estimate of drug-likeness (QED) is 0.397. The highest BCUT2D eigenvalue weighted by Crippen LogP contribution is 2.27. The first kappa shape index (κ1) is 12.4. The van der Waals surface area contributed by atoms with Gasteiger partial charge in [0.15, 0.2) is 0 Å². The van der Waals surface area contributed by atoms with Crippen molar-refractivity contribution in [2.24, 2.45) is 11.7 Å². The number of aliphatic hydroxyl groups excluding tert-OH is 1. The van der Waals surface area contributed by atoms with Gasteiger partial charge in [0.1, 0.15) is 6.10 Å². The predicted molar refractivity (Wildman–Crippen MR) is 55.1 cm³/mol. The Morgan fingerprint density at radius 3 is 2.53 bits per heavy atom. The third-order valence-corrected chi connectivity index (χ3v) is 3.11. The number of hydrogen-bond acceptors (Lipinski definition) is 4. The number of hydroxylamine groups is 1. The van der Waals surface area contributed by atoms with E-state index in [9.17, 15) is 9.90 Å². The number of amides is 1. The van der Waals surface area contributed by atoms with Crippen molar-refractivity contribution >= 4 is 5.91 Å². The van der Waals surface area contributed by atoms with Crippen LogP contribution in [0.5, 0.6) is 0 Å². The van der Waals surface area contributed by atoms with Gasteiger partial charge in [-0.05, 0) is 12.3 Å². The number of carbonyl (C=O) groups excluding carboxylic acids is 1. The molecule has 1 saturated carbocycles. The van der Waals surface area contributed by atoms with E-state index in [0.29, 0.717) is 12.3 Å². The second-order valence-corrected chi connectivity index (χ2v) is 4.32. The Morgan fingerprint density at radius 2 is 2.00 bits per heavy atom. The number of carbonyl (C=O) groups is 1. The SMILES string of the molecule is N[C@H](CC1CCCCC1)C(O)C(=O)NO. The molecule has 0 aromatic rings. The third kappa shape index (κ3) is 3.77. The standard InChI is InChI=1S/C10H20N2O3/c11-8(9(13)10(14)12-15)6-7-4-2-1-3-5-7/h7-9,13,15H,1-6,11H2,(H,12,14)/t8-,9?/m1/s1. The molecule has 1 rings (SSSR count). The molecular weight excluding hydrogens is 196 g/mol. The predicted octanol–water partition coefficient (Wildman–Crippen LogP) is 0.150. The van der Waals surface area contributed by atoms with Crippen LogP contribution in [0.2, 0.25) is 0 Å². The van der Waals surface area contributed by atoms with E-state index in [1.807, 2.05) is 0 Å². The molecule has 88 valence electrons. The van der Waals surface area contributed by atoms with Gasteiger partial charge in [-0.1, -0.05) is 32.1 Å². The molecule has 0 heterocycles.